The third-order valence-corrected chi connectivity index (χ3v) is 1.40. The number of rotatable bonds is 5. The van der Waals surface area contributed by atoms with Crippen LogP contribution < -0.4 is 0 Å². The van der Waals surface area contributed by atoms with Gasteiger partial charge in [-0.1, -0.05) is 0 Å². The number of ether oxygens (including phenoxy) is 1. The first kappa shape index (κ1) is 10.9. The summed E-state index contributed by atoms with van der Waals surface area (Å²) in [6.45, 7) is 3.08. The Morgan fingerprint density at radius 3 is 2.83 bits per heavy atom. The van der Waals surface area contributed by atoms with Gasteiger partial charge in [0.1, 0.15) is 6.54 Å². The van der Waals surface area contributed by atoms with Crippen LogP contribution in [-0.4, -0.2) is 37.6 Å². The van der Waals surface area contributed by atoms with E-state index in [0.717, 1.165) is 0 Å². The third kappa shape index (κ3) is 4.69. The van der Waals surface area contributed by atoms with Gasteiger partial charge in [0.05, 0.1) is 19.1 Å². The molecule has 0 aromatic rings. The summed E-state index contributed by atoms with van der Waals surface area (Å²) in [5.41, 5.74) is 0. The van der Waals surface area contributed by atoms with Crippen molar-refractivity contribution in [3.05, 3.63) is 0 Å². The fourth-order valence-corrected chi connectivity index (χ4v) is 0.689. The highest BCUT2D eigenvalue weighted by Crippen LogP contribution is 1.90. The monoisotopic (exact) mass is 170 g/mol. The van der Waals surface area contributed by atoms with Gasteiger partial charge in [-0.2, -0.15) is 5.26 Å². The van der Waals surface area contributed by atoms with Crippen LogP contribution in [0.4, 0.5) is 0 Å². The summed E-state index contributed by atoms with van der Waals surface area (Å²) in [6, 6.07) is 1.90. The third-order valence-electron chi connectivity index (χ3n) is 1.40. The highest BCUT2D eigenvalue weighted by atomic mass is 16.5. The van der Waals surface area contributed by atoms with Crippen molar-refractivity contribution in [2.75, 3.05) is 26.8 Å². The molecule has 0 heterocycles. The summed E-state index contributed by atoms with van der Waals surface area (Å²) in [5, 5.41) is 8.28. The Morgan fingerprint density at radius 1 is 1.67 bits per heavy atom. The smallest absolute Gasteiger partial charge is 0.225 e. The zero-order chi connectivity index (χ0) is 9.40. The summed E-state index contributed by atoms with van der Waals surface area (Å²) in [6.07, 6.45) is 0.353. The molecule has 0 aliphatic carbocycles. The summed E-state index contributed by atoms with van der Waals surface area (Å²) in [7, 11) is 1.61. The first-order valence-electron chi connectivity index (χ1n) is 3.91. The molecule has 0 fully saturated rings. The molecule has 0 spiro atoms. The Bertz CT molecular complexity index is 174. The zero-order valence-corrected chi connectivity index (χ0v) is 7.54. The van der Waals surface area contributed by atoms with E-state index in [0.29, 0.717) is 19.6 Å². The van der Waals surface area contributed by atoms with Gasteiger partial charge < -0.3 is 9.64 Å². The highest BCUT2D eigenvalue weighted by molar-refractivity contribution is 5.76. The van der Waals surface area contributed by atoms with Gasteiger partial charge in [0.15, 0.2) is 0 Å². The Morgan fingerprint density at radius 2 is 2.33 bits per heavy atom. The quantitative estimate of drug-likeness (QED) is 0.443. The molecule has 0 unspecified atom stereocenters. The molecule has 0 aromatic heterocycles. The second-order valence-electron chi connectivity index (χ2n) is 2.35. The van der Waals surface area contributed by atoms with Crippen LogP contribution in [0.2, 0.25) is 0 Å². The van der Waals surface area contributed by atoms with Gasteiger partial charge in [0.25, 0.3) is 0 Å². The molecule has 0 saturated heterocycles. The van der Waals surface area contributed by atoms with Gasteiger partial charge in [-0.15, -0.1) is 0 Å². The van der Waals surface area contributed by atoms with E-state index in [2.05, 4.69) is 0 Å². The molecule has 0 N–H and O–H groups in total. The molecule has 0 rings (SSSR count). The summed E-state index contributed by atoms with van der Waals surface area (Å²) < 4.78 is 5.00. The second-order valence-corrected chi connectivity index (χ2v) is 2.35. The molecule has 0 saturated carbocycles. The molecular weight excluding hydrogens is 156 g/mol. The first-order chi connectivity index (χ1) is 5.72. The predicted octanol–water partition coefficient (Wildman–Crippen LogP) is 0.395. The van der Waals surface area contributed by atoms with E-state index in [1.165, 1.54) is 4.90 Å². The van der Waals surface area contributed by atoms with Crippen LogP contribution in [0.25, 0.3) is 0 Å². The van der Waals surface area contributed by atoms with Gasteiger partial charge >= 0.3 is 0 Å². The van der Waals surface area contributed by atoms with Crippen molar-refractivity contribution in [3.8, 4) is 6.07 Å². The molecular formula is C8H14N2O2. The van der Waals surface area contributed by atoms with Crippen LogP contribution in [0.5, 0.6) is 0 Å². The van der Waals surface area contributed by atoms with Gasteiger partial charge in [0, 0.05) is 13.7 Å². The van der Waals surface area contributed by atoms with Crippen molar-refractivity contribution in [2.45, 2.75) is 13.3 Å². The number of carbonyl (C=O) groups excluding carboxylic acids is 1. The Balaban J connectivity index is 3.51. The Labute approximate surface area is 72.7 Å². The van der Waals surface area contributed by atoms with E-state index < -0.39 is 0 Å². The minimum absolute atomic E-state index is 0.0509. The number of hydrogen-bond donors (Lipinski definition) is 0. The van der Waals surface area contributed by atoms with Gasteiger partial charge in [0.2, 0.25) is 5.91 Å². The summed E-state index contributed by atoms with van der Waals surface area (Å²) in [4.78, 5) is 12.5. The van der Waals surface area contributed by atoms with Crippen molar-refractivity contribution in [1.82, 2.24) is 4.90 Å². The van der Waals surface area contributed by atoms with Gasteiger partial charge in [-0.3, -0.25) is 4.79 Å². The maximum Gasteiger partial charge on any atom is 0.225 e. The lowest BCUT2D eigenvalue weighted by atomic mass is 10.4. The van der Waals surface area contributed by atoms with Crippen LogP contribution in [0.15, 0.2) is 0 Å². The molecule has 0 radical (unpaired) electrons. The lowest BCUT2D eigenvalue weighted by molar-refractivity contribution is -0.130. The molecule has 4 heteroatoms. The van der Waals surface area contributed by atoms with E-state index in [-0.39, 0.29) is 12.5 Å². The summed E-state index contributed by atoms with van der Waals surface area (Å²) in [5.74, 6) is -0.0509. The number of nitriles is 1. The molecule has 0 aliphatic heterocycles. The van der Waals surface area contributed by atoms with E-state index in [1.54, 1.807) is 7.05 Å². The van der Waals surface area contributed by atoms with Gasteiger partial charge in [-0.05, 0) is 6.92 Å². The van der Waals surface area contributed by atoms with E-state index in [9.17, 15) is 4.79 Å². The average Bonchev–Trinajstić information content (AvgIpc) is 2.05. The lowest BCUT2D eigenvalue weighted by Gasteiger charge is -2.12. The molecule has 0 atom stereocenters. The maximum absolute atomic E-state index is 11.1. The largest absolute Gasteiger partial charge is 0.381 e. The Kier molecular flexibility index (Phi) is 6.02. The molecule has 0 aromatic carbocycles. The molecule has 1 amide bonds. The number of hydrogen-bond acceptors (Lipinski definition) is 3. The van der Waals surface area contributed by atoms with E-state index >= 15 is 0 Å². The van der Waals surface area contributed by atoms with Crippen LogP contribution in [0.3, 0.4) is 0 Å². The molecule has 12 heavy (non-hydrogen) atoms. The van der Waals surface area contributed by atoms with Crippen LogP contribution in [-0.2, 0) is 9.53 Å². The minimum atomic E-state index is -0.0509. The highest BCUT2D eigenvalue weighted by Gasteiger charge is 2.06. The standard InChI is InChI=1S/C8H14N2O2/c1-3-12-7-4-8(11)10(2)6-5-9/h3-4,6-7H2,1-2H3. The Hall–Kier alpha value is -1.08. The lowest BCUT2D eigenvalue weighted by Crippen LogP contribution is -2.27. The predicted molar refractivity (Wildman–Crippen MR) is 44.4 cm³/mol. The fourth-order valence-electron chi connectivity index (χ4n) is 0.689. The first-order valence-corrected chi connectivity index (χ1v) is 3.91. The van der Waals surface area contributed by atoms with Crippen molar-refractivity contribution in [2.24, 2.45) is 0 Å². The minimum Gasteiger partial charge on any atom is -0.381 e. The molecule has 0 aliphatic rings. The number of nitrogens with zero attached hydrogens (tertiary/aromatic N) is 2. The molecule has 68 valence electrons. The summed E-state index contributed by atoms with van der Waals surface area (Å²) >= 11 is 0. The second kappa shape index (κ2) is 6.62. The van der Waals surface area contributed by atoms with Crippen molar-refractivity contribution in [1.29, 1.82) is 5.26 Å². The fraction of sp³-hybridized carbons (Fsp3) is 0.750. The molecule has 0 bridgehead atoms. The van der Waals surface area contributed by atoms with Crippen molar-refractivity contribution >= 4 is 5.91 Å². The number of amides is 1. The van der Waals surface area contributed by atoms with Gasteiger partial charge in [-0.25, -0.2) is 0 Å². The van der Waals surface area contributed by atoms with Crippen LogP contribution in [0.1, 0.15) is 13.3 Å². The van der Waals surface area contributed by atoms with Crippen molar-refractivity contribution < 1.29 is 9.53 Å². The topological polar surface area (TPSA) is 53.3 Å². The maximum atomic E-state index is 11.1. The van der Waals surface area contributed by atoms with Crippen LogP contribution >= 0.6 is 0 Å². The van der Waals surface area contributed by atoms with E-state index in [1.807, 2.05) is 13.0 Å². The number of carbonyl (C=O) groups is 1. The zero-order valence-electron chi connectivity index (χ0n) is 7.54. The normalized spacial score (nSPS) is 9.08. The SMILES string of the molecule is CCOCCC(=O)N(C)CC#N. The van der Waals surface area contributed by atoms with E-state index in [4.69, 9.17) is 10.00 Å². The van der Waals surface area contributed by atoms with Crippen LogP contribution in [0, 0.1) is 11.3 Å². The average molecular weight is 170 g/mol. The molecule has 4 nitrogen and oxygen atoms in total. The van der Waals surface area contributed by atoms with Crippen molar-refractivity contribution in [3.63, 3.8) is 0 Å².